The monoisotopic (exact) mass is 422 g/mol. The fraction of sp³-hybridized carbons (Fsp3) is 0.478. The van der Waals surface area contributed by atoms with Crippen molar-refractivity contribution < 1.29 is 9.90 Å². The zero-order chi connectivity index (χ0) is 21.8. The Morgan fingerprint density at radius 2 is 1.97 bits per heavy atom. The topological polar surface area (TPSA) is 119 Å². The van der Waals surface area contributed by atoms with Gasteiger partial charge in [0.05, 0.1) is 10.9 Å². The lowest BCUT2D eigenvalue weighted by Crippen LogP contribution is -2.28. The second kappa shape index (κ2) is 9.43. The zero-order valence-electron chi connectivity index (χ0n) is 17.9. The van der Waals surface area contributed by atoms with E-state index in [2.05, 4.69) is 17.2 Å². The second-order valence-corrected chi connectivity index (χ2v) is 8.41. The number of hydrogen-bond donors (Lipinski definition) is 3. The molecule has 1 aromatic carbocycles. The number of benzene rings is 1. The number of carboxylic acid groups (broad SMARTS) is 1. The summed E-state index contributed by atoms with van der Waals surface area (Å²) in [5.74, 6) is 0.195. The summed E-state index contributed by atoms with van der Waals surface area (Å²) in [7, 11) is 0. The SMILES string of the molecule is CCCCNc1ncc2c(-c3ccc(C(=O)O)cc3)nn(C[C@H]3CC[C@H](N)CC3)c2n1. The molecule has 0 saturated heterocycles. The van der Waals surface area contributed by atoms with Crippen molar-refractivity contribution in [2.75, 3.05) is 11.9 Å². The highest BCUT2D eigenvalue weighted by atomic mass is 16.4. The molecule has 0 spiro atoms. The highest BCUT2D eigenvalue weighted by Crippen LogP contribution is 2.30. The Kier molecular flexibility index (Phi) is 6.46. The van der Waals surface area contributed by atoms with E-state index in [0.717, 1.165) is 73.9 Å². The molecule has 2 heterocycles. The first-order valence-electron chi connectivity index (χ1n) is 11.1. The first kappa shape index (κ1) is 21.2. The van der Waals surface area contributed by atoms with Crippen LogP contribution in [0.5, 0.6) is 0 Å². The number of carbonyl (C=O) groups is 1. The molecule has 0 radical (unpaired) electrons. The van der Waals surface area contributed by atoms with Gasteiger partial charge in [0.15, 0.2) is 5.65 Å². The molecular formula is C23H30N6O2. The number of aromatic carboxylic acids is 1. The van der Waals surface area contributed by atoms with Gasteiger partial charge in [0, 0.05) is 30.9 Å². The molecule has 3 aromatic rings. The van der Waals surface area contributed by atoms with Gasteiger partial charge in [0.25, 0.3) is 0 Å². The minimum atomic E-state index is -0.941. The maximum atomic E-state index is 11.2. The van der Waals surface area contributed by atoms with Crippen molar-refractivity contribution in [2.24, 2.45) is 11.7 Å². The number of nitrogens with zero attached hydrogens (tertiary/aromatic N) is 4. The highest BCUT2D eigenvalue weighted by molar-refractivity contribution is 5.93. The van der Waals surface area contributed by atoms with Crippen LogP contribution >= 0.6 is 0 Å². The van der Waals surface area contributed by atoms with Crippen molar-refractivity contribution in [3.8, 4) is 11.3 Å². The largest absolute Gasteiger partial charge is 0.478 e. The Morgan fingerprint density at radius 1 is 1.23 bits per heavy atom. The van der Waals surface area contributed by atoms with E-state index < -0.39 is 5.97 Å². The Hall–Kier alpha value is -3.00. The van der Waals surface area contributed by atoms with Crippen LogP contribution in [0.15, 0.2) is 30.5 Å². The molecule has 0 unspecified atom stereocenters. The predicted molar refractivity (Wildman–Crippen MR) is 121 cm³/mol. The van der Waals surface area contributed by atoms with Gasteiger partial charge in [-0.25, -0.2) is 14.5 Å². The highest BCUT2D eigenvalue weighted by Gasteiger charge is 2.22. The van der Waals surface area contributed by atoms with Crippen LogP contribution in [-0.4, -0.2) is 43.4 Å². The molecule has 0 amide bonds. The summed E-state index contributed by atoms with van der Waals surface area (Å²) in [6.45, 7) is 3.78. The van der Waals surface area contributed by atoms with E-state index in [1.54, 1.807) is 24.3 Å². The predicted octanol–water partition coefficient (Wildman–Crippen LogP) is 3.92. The summed E-state index contributed by atoms with van der Waals surface area (Å²) in [6.07, 6.45) is 8.27. The first-order chi connectivity index (χ1) is 15.0. The first-order valence-corrected chi connectivity index (χ1v) is 11.1. The van der Waals surface area contributed by atoms with Crippen LogP contribution < -0.4 is 11.1 Å². The third kappa shape index (κ3) is 4.85. The Morgan fingerprint density at radius 3 is 2.65 bits per heavy atom. The zero-order valence-corrected chi connectivity index (χ0v) is 17.9. The van der Waals surface area contributed by atoms with Crippen molar-refractivity contribution in [1.82, 2.24) is 19.7 Å². The van der Waals surface area contributed by atoms with Gasteiger partial charge in [0.1, 0.15) is 5.69 Å². The van der Waals surface area contributed by atoms with Crippen LogP contribution in [-0.2, 0) is 6.54 Å². The molecular weight excluding hydrogens is 392 g/mol. The Bertz CT molecular complexity index is 1040. The van der Waals surface area contributed by atoms with Crippen molar-refractivity contribution in [3.63, 3.8) is 0 Å². The normalized spacial score (nSPS) is 18.9. The number of unbranched alkanes of at least 4 members (excludes halogenated alkanes) is 1. The van der Waals surface area contributed by atoms with Crippen LogP contribution in [0.2, 0.25) is 0 Å². The van der Waals surface area contributed by atoms with E-state index in [1.165, 1.54) is 0 Å². The smallest absolute Gasteiger partial charge is 0.335 e. The van der Waals surface area contributed by atoms with E-state index in [0.29, 0.717) is 17.9 Å². The maximum Gasteiger partial charge on any atom is 0.335 e. The van der Waals surface area contributed by atoms with Gasteiger partial charge in [-0.3, -0.25) is 0 Å². The molecule has 8 nitrogen and oxygen atoms in total. The maximum absolute atomic E-state index is 11.2. The van der Waals surface area contributed by atoms with E-state index in [-0.39, 0.29) is 5.56 Å². The summed E-state index contributed by atoms with van der Waals surface area (Å²) in [6, 6.07) is 7.11. The molecule has 0 bridgehead atoms. The van der Waals surface area contributed by atoms with E-state index in [9.17, 15) is 9.90 Å². The number of nitrogens with one attached hydrogen (secondary N) is 1. The number of rotatable bonds is 8. The molecule has 4 rings (SSSR count). The number of fused-ring (bicyclic) bond motifs is 1. The van der Waals surface area contributed by atoms with Crippen molar-refractivity contribution in [3.05, 3.63) is 36.0 Å². The third-order valence-corrected chi connectivity index (χ3v) is 6.03. The van der Waals surface area contributed by atoms with Crippen LogP contribution in [0.3, 0.4) is 0 Å². The van der Waals surface area contributed by atoms with Crippen LogP contribution in [0, 0.1) is 5.92 Å². The van der Waals surface area contributed by atoms with E-state index in [4.69, 9.17) is 15.8 Å². The molecule has 2 aromatic heterocycles. The fourth-order valence-electron chi connectivity index (χ4n) is 4.15. The van der Waals surface area contributed by atoms with Gasteiger partial charge in [0.2, 0.25) is 5.95 Å². The lowest BCUT2D eigenvalue weighted by molar-refractivity contribution is 0.0697. The molecule has 1 fully saturated rings. The molecule has 0 atom stereocenters. The number of anilines is 1. The fourth-order valence-corrected chi connectivity index (χ4v) is 4.15. The van der Waals surface area contributed by atoms with Gasteiger partial charge >= 0.3 is 5.97 Å². The van der Waals surface area contributed by atoms with Gasteiger partial charge in [-0.05, 0) is 50.2 Å². The van der Waals surface area contributed by atoms with Crippen molar-refractivity contribution in [2.45, 2.75) is 58.0 Å². The minimum Gasteiger partial charge on any atom is -0.478 e. The molecule has 1 saturated carbocycles. The lowest BCUT2D eigenvalue weighted by atomic mass is 9.86. The van der Waals surface area contributed by atoms with E-state index in [1.807, 2.05) is 10.9 Å². The summed E-state index contributed by atoms with van der Waals surface area (Å²) in [5, 5.41) is 18.2. The molecule has 164 valence electrons. The molecule has 1 aliphatic carbocycles. The van der Waals surface area contributed by atoms with Crippen molar-refractivity contribution in [1.29, 1.82) is 0 Å². The second-order valence-electron chi connectivity index (χ2n) is 8.41. The number of aromatic nitrogens is 4. The molecule has 0 aliphatic heterocycles. The molecule has 4 N–H and O–H groups in total. The van der Waals surface area contributed by atoms with Crippen LogP contribution in [0.1, 0.15) is 55.8 Å². The minimum absolute atomic E-state index is 0.254. The molecule has 1 aliphatic rings. The summed E-state index contributed by atoms with van der Waals surface area (Å²) >= 11 is 0. The Balaban J connectivity index is 1.69. The molecule has 8 heteroatoms. The van der Waals surface area contributed by atoms with Gasteiger partial charge in [-0.1, -0.05) is 25.5 Å². The number of hydrogen-bond acceptors (Lipinski definition) is 6. The number of carboxylic acids is 1. The lowest BCUT2D eigenvalue weighted by Gasteiger charge is -2.25. The van der Waals surface area contributed by atoms with Crippen molar-refractivity contribution >= 4 is 23.0 Å². The molecule has 31 heavy (non-hydrogen) atoms. The number of nitrogens with two attached hydrogens (primary N) is 1. The average molecular weight is 423 g/mol. The standard InChI is InChI=1S/C23H30N6O2/c1-2-3-12-25-23-26-13-19-20(16-6-8-17(9-7-16)22(30)31)28-29(21(19)27-23)14-15-4-10-18(24)11-5-15/h6-9,13,15,18H,2-5,10-12,14,24H2,1H3,(H,30,31)(H,25,26,27)/t15-,18-. The van der Waals surface area contributed by atoms with Gasteiger partial charge in [-0.15, -0.1) is 0 Å². The van der Waals surface area contributed by atoms with E-state index >= 15 is 0 Å². The van der Waals surface area contributed by atoms with Gasteiger partial charge in [-0.2, -0.15) is 10.1 Å². The van der Waals surface area contributed by atoms with Crippen LogP contribution in [0.25, 0.3) is 22.3 Å². The average Bonchev–Trinajstić information content (AvgIpc) is 3.13. The third-order valence-electron chi connectivity index (χ3n) is 6.03. The van der Waals surface area contributed by atoms with Gasteiger partial charge < -0.3 is 16.2 Å². The van der Waals surface area contributed by atoms with Crippen LogP contribution in [0.4, 0.5) is 5.95 Å². The summed E-state index contributed by atoms with van der Waals surface area (Å²) in [5.41, 5.74) is 8.77. The summed E-state index contributed by atoms with van der Waals surface area (Å²) in [4.78, 5) is 20.5. The quantitative estimate of drug-likeness (QED) is 0.471. The summed E-state index contributed by atoms with van der Waals surface area (Å²) < 4.78 is 1.99. The Labute approximate surface area is 181 Å².